The Bertz CT molecular complexity index is 782. The molecule has 0 unspecified atom stereocenters. The lowest BCUT2D eigenvalue weighted by Gasteiger charge is -2.34. The molecule has 0 bridgehead atoms. The molecule has 0 saturated carbocycles. The van der Waals surface area contributed by atoms with Crippen LogP contribution in [0.15, 0.2) is 41.8 Å². The van der Waals surface area contributed by atoms with Gasteiger partial charge in [-0.3, -0.25) is 14.5 Å². The minimum atomic E-state index is 0.0641. The largest absolute Gasteiger partial charge is 0.336 e. The lowest BCUT2D eigenvalue weighted by molar-refractivity contribution is -0.117. The number of carbonyl (C=O) groups is 2. The van der Waals surface area contributed by atoms with Gasteiger partial charge in [0, 0.05) is 61.8 Å². The van der Waals surface area contributed by atoms with Gasteiger partial charge in [0.2, 0.25) is 5.91 Å². The summed E-state index contributed by atoms with van der Waals surface area (Å²) in [4.78, 5) is 32.3. The first-order valence-electron chi connectivity index (χ1n) is 9.15. The normalized spacial score (nSPS) is 18.5. The molecule has 2 aliphatic rings. The van der Waals surface area contributed by atoms with E-state index in [0.717, 1.165) is 51.4 Å². The third-order valence-electron chi connectivity index (χ3n) is 5.10. The zero-order chi connectivity index (χ0) is 17.9. The molecule has 0 atom stereocenters. The van der Waals surface area contributed by atoms with E-state index < -0.39 is 0 Å². The molecule has 136 valence electrons. The van der Waals surface area contributed by atoms with Gasteiger partial charge in [-0.25, -0.2) is 0 Å². The van der Waals surface area contributed by atoms with Crippen LogP contribution in [-0.2, 0) is 11.3 Å². The maximum absolute atomic E-state index is 12.9. The van der Waals surface area contributed by atoms with E-state index in [1.54, 1.807) is 16.2 Å². The maximum atomic E-state index is 12.9. The number of hydrogen-bond acceptors (Lipinski definition) is 4. The Morgan fingerprint density at radius 1 is 1.04 bits per heavy atom. The first-order chi connectivity index (χ1) is 12.7. The van der Waals surface area contributed by atoms with Gasteiger partial charge in [-0.05, 0) is 36.1 Å². The first kappa shape index (κ1) is 17.2. The van der Waals surface area contributed by atoms with Crippen molar-refractivity contribution in [2.24, 2.45) is 0 Å². The predicted octanol–water partition coefficient (Wildman–Crippen LogP) is 2.83. The van der Waals surface area contributed by atoms with Gasteiger partial charge in [-0.1, -0.05) is 12.1 Å². The zero-order valence-corrected chi connectivity index (χ0v) is 15.6. The Morgan fingerprint density at radius 2 is 1.88 bits per heavy atom. The smallest absolute Gasteiger partial charge is 0.254 e. The van der Waals surface area contributed by atoms with Crippen LogP contribution < -0.4 is 4.90 Å². The van der Waals surface area contributed by atoms with Gasteiger partial charge in [0.1, 0.15) is 0 Å². The molecule has 0 spiro atoms. The highest BCUT2D eigenvalue weighted by molar-refractivity contribution is 7.09. The maximum Gasteiger partial charge on any atom is 0.254 e. The molecule has 2 aromatic rings. The van der Waals surface area contributed by atoms with E-state index in [9.17, 15) is 9.59 Å². The molecule has 2 aliphatic heterocycles. The summed E-state index contributed by atoms with van der Waals surface area (Å²) in [5.41, 5.74) is 1.52. The number of carbonyl (C=O) groups excluding carboxylic acids is 2. The molecule has 6 heteroatoms. The van der Waals surface area contributed by atoms with Crippen molar-refractivity contribution in [2.75, 3.05) is 37.6 Å². The van der Waals surface area contributed by atoms with E-state index in [4.69, 9.17) is 0 Å². The molecule has 5 nitrogen and oxygen atoms in total. The van der Waals surface area contributed by atoms with Crippen LogP contribution in [0, 0.1) is 0 Å². The van der Waals surface area contributed by atoms with E-state index in [-0.39, 0.29) is 11.8 Å². The molecular formula is C20H23N3O2S. The number of benzene rings is 1. The van der Waals surface area contributed by atoms with Gasteiger partial charge in [-0.2, -0.15) is 0 Å². The van der Waals surface area contributed by atoms with Crippen LogP contribution >= 0.6 is 11.3 Å². The SMILES string of the molecule is O=C(c1cccc(N2CCCC2=O)c1)N1CCN(Cc2cccs2)CC1. The van der Waals surface area contributed by atoms with E-state index in [1.165, 1.54) is 4.88 Å². The molecule has 0 N–H and O–H groups in total. The molecule has 0 aliphatic carbocycles. The van der Waals surface area contributed by atoms with Crippen molar-refractivity contribution in [3.8, 4) is 0 Å². The van der Waals surface area contributed by atoms with Crippen LogP contribution in [0.25, 0.3) is 0 Å². The second kappa shape index (κ2) is 7.60. The summed E-state index contributed by atoms with van der Waals surface area (Å²) in [6.45, 7) is 5.00. The van der Waals surface area contributed by atoms with Gasteiger partial charge < -0.3 is 9.80 Å². The first-order valence-corrected chi connectivity index (χ1v) is 10.0. The summed E-state index contributed by atoms with van der Waals surface area (Å²) < 4.78 is 0. The van der Waals surface area contributed by atoms with Crippen molar-refractivity contribution in [2.45, 2.75) is 19.4 Å². The van der Waals surface area contributed by atoms with Gasteiger partial charge in [0.05, 0.1) is 0 Å². The zero-order valence-electron chi connectivity index (χ0n) is 14.8. The predicted molar refractivity (Wildman–Crippen MR) is 104 cm³/mol. The fourth-order valence-electron chi connectivity index (χ4n) is 3.64. The number of nitrogens with zero attached hydrogens (tertiary/aromatic N) is 3. The highest BCUT2D eigenvalue weighted by Crippen LogP contribution is 2.23. The minimum absolute atomic E-state index is 0.0641. The lowest BCUT2D eigenvalue weighted by atomic mass is 10.1. The van der Waals surface area contributed by atoms with Crippen molar-refractivity contribution in [3.05, 3.63) is 52.2 Å². The molecule has 26 heavy (non-hydrogen) atoms. The van der Waals surface area contributed by atoms with Crippen molar-refractivity contribution >= 4 is 28.8 Å². The number of thiophene rings is 1. The van der Waals surface area contributed by atoms with Gasteiger partial charge in [0.25, 0.3) is 5.91 Å². The summed E-state index contributed by atoms with van der Waals surface area (Å²) >= 11 is 1.78. The average molecular weight is 369 g/mol. The van der Waals surface area contributed by atoms with E-state index >= 15 is 0 Å². The van der Waals surface area contributed by atoms with Crippen molar-refractivity contribution < 1.29 is 9.59 Å². The number of piperazine rings is 1. The third kappa shape index (κ3) is 3.66. The summed E-state index contributed by atoms with van der Waals surface area (Å²) in [5.74, 6) is 0.214. The monoisotopic (exact) mass is 369 g/mol. The van der Waals surface area contributed by atoms with Gasteiger partial charge in [-0.15, -0.1) is 11.3 Å². The van der Waals surface area contributed by atoms with Crippen LogP contribution in [0.1, 0.15) is 28.1 Å². The number of amides is 2. The minimum Gasteiger partial charge on any atom is -0.336 e. The third-order valence-corrected chi connectivity index (χ3v) is 5.96. The molecule has 1 aromatic heterocycles. The number of anilines is 1. The Balaban J connectivity index is 1.38. The van der Waals surface area contributed by atoms with E-state index in [1.807, 2.05) is 29.2 Å². The highest BCUT2D eigenvalue weighted by Gasteiger charge is 2.25. The average Bonchev–Trinajstić information content (AvgIpc) is 3.33. The Kier molecular flexibility index (Phi) is 5.04. The molecule has 3 heterocycles. The Labute approximate surface area is 157 Å². The highest BCUT2D eigenvalue weighted by atomic mass is 32.1. The van der Waals surface area contributed by atoms with Crippen LogP contribution in [0.3, 0.4) is 0 Å². The summed E-state index contributed by atoms with van der Waals surface area (Å²) in [6, 6.07) is 11.7. The molecule has 2 fully saturated rings. The van der Waals surface area contributed by atoms with Gasteiger partial charge in [0.15, 0.2) is 0 Å². The Morgan fingerprint density at radius 3 is 2.58 bits per heavy atom. The fraction of sp³-hybridized carbons (Fsp3) is 0.400. The molecule has 0 radical (unpaired) electrons. The second-order valence-corrected chi connectivity index (χ2v) is 7.88. The van der Waals surface area contributed by atoms with Crippen molar-refractivity contribution in [3.63, 3.8) is 0 Å². The van der Waals surface area contributed by atoms with Crippen molar-refractivity contribution in [1.82, 2.24) is 9.80 Å². The van der Waals surface area contributed by atoms with Crippen LogP contribution in [0.2, 0.25) is 0 Å². The molecule has 2 saturated heterocycles. The number of rotatable bonds is 4. The summed E-state index contributed by atoms with van der Waals surface area (Å²) in [7, 11) is 0. The van der Waals surface area contributed by atoms with E-state index in [0.29, 0.717) is 12.0 Å². The molecule has 2 amide bonds. The van der Waals surface area contributed by atoms with E-state index in [2.05, 4.69) is 22.4 Å². The quantitative estimate of drug-likeness (QED) is 0.832. The Hall–Kier alpha value is -2.18. The summed E-state index contributed by atoms with van der Waals surface area (Å²) in [6.07, 6.45) is 1.49. The van der Waals surface area contributed by atoms with Crippen LogP contribution in [-0.4, -0.2) is 54.3 Å². The fourth-order valence-corrected chi connectivity index (χ4v) is 4.39. The van der Waals surface area contributed by atoms with Crippen LogP contribution in [0.5, 0.6) is 0 Å². The standard InChI is InChI=1S/C20H23N3O2S/c24-19-7-2-8-23(19)17-5-1-4-16(14-17)20(25)22-11-9-21(10-12-22)15-18-6-3-13-26-18/h1,3-6,13-14H,2,7-12,15H2. The second-order valence-electron chi connectivity index (χ2n) is 6.85. The van der Waals surface area contributed by atoms with Gasteiger partial charge >= 0.3 is 0 Å². The van der Waals surface area contributed by atoms with Crippen LogP contribution in [0.4, 0.5) is 5.69 Å². The molecule has 1 aromatic carbocycles. The number of hydrogen-bond donors (Lipinski definition) is 0. The lowest BCUT2D eigenvalue weighted by Crippen LogP contribution is -2.48. The molecule has 4 rings (SSSR count). The summed E-state index contributed by atoms with van der Waals surface area (Å²) in [5, 5.41) is 2.10. The van der Waals surface area contributed by atoms with Crippen molar-refractivity contribution in [1.29, 1.82) is 0 Å². The molecular weight excluding hydrogens is 346 g/mol. The topological polar surface area (TPSA) is 43.9 Å².